The Morgan fingerprint density at radius 2 is 1.70 bits per heavy atom. The zero-order valence-electron chi connectivity index (χ0n) is 18.9. The lowest BCUT2D eigenvalue weighted by atomic mass is 10.1. The van der Waals surface area contributed by atoms with E-state index in [1.165, 1.54) is 0 Å². The van der Waals surface area contributed by atoms with Crippen LogP contribution in [0.2, 0.25) is 0 Å². The maximum atomic E-state index is 13.6. The summed E-state index contributed by atoms with van der Waals surface area (Å²) in [4.78, 5) is 15.6. The quantitative estimate of drug-likeness (QED) is 0.648. The van der Waals surface area contributed by atoms with Gasteiger partial charge in [-0.2, -0.15) is 5.10 Å². The molecule has 1 aromatic carbocycles. The molecule has 0 aliphatic heterocycles. The average Bonchev–Trinajstić information content (AvgIpc) is 3.40. The van der Waals surface area contributed by atoms with Crippen LogP contribution in [0.3, 0.4) is 0 Å². The van der Waals surface area contributed by atoms with Gasteiger partial charge in [-0.15, -0.1) is 0 Å². The van der Waals surface area contributed by atoms with E-state index in [9.17, 15) is 4.79 Å². The highest BCUT2D eigenvalue weighted by Crippen LogP contribution is 2.39. The number of methoxy groups -OCH3 is 3. The molecule has 1 aliphatic rings. The summed E-state index contributed by atoms with van der Waals surface area (Å²) in [5.74, 6) is 2.02. The highest BCUT2D eigenvalue weighted by molar-refractivity contribution is 5.93. The predicted molar refractivity (Wildman–Crippen MR) is 116 cm³/mol. The van der Waals surface area contributed by atoms with Crippen LogP contribution in [0.5, 0.6) is 17.2 Å². The fraction of sp³-hybridized carbons (Fsp3) is 0.565. The molecule has 7 heteroatoms. The molecule has 1 fully saturated rings. The first-order valence-electron chi connectivity index (χ1n) is 10.5. The lowest BCUT2D eigenvalue weighted by Crippen LogP contribution is -2.39. The summed E-state index contributed by atoms with van der Waals surface area (Å²) in [7, 11) is 6.63. The molecule has 164 valence electrons. The third-order valence-electron chi connectivity index (χ3n) is 5.81. The van der Waals surface area contributed by atoms with Gasteiger partial charge in [-0.05, 0) is 42.5 Å². The van der Waals surface area contributed by atoms with E-state index in [-0.39, 0.29) is 17.9 Å². The number of carbonyl (C=O) groups excluding carboxylic acids is 1. The minimum absolute atomic E-state index is 0.0116. The second-order valence-electron chi connectivity index (χ2n) is 8.14. The molecule has 0 spiro atoms. The van der Waals surface area contributed by atoms with Crippen LogP contribution in [0.25, 0.3) is 0 Å². The first-order valence-corrected chi connectivity index (χ1v) is 10.5. The van der Waals surface area contributed by atoms with E-state index in [0.29, 0.717) is 29.5 Å². The molecule has 2 aromatic rings. The number of hydrogen-bond donors (Lipinski definition) is 0. The molecule has 1 heterocycles. The topological polar surface area (TPSA) is 65.8 Å². The molecular weight excluding hydrogens is 382 g/mol. The first kappa shape index (κ1) is 22.0. The zero-order chi connectivity index (χ0) is 21.8. The van der Waals surface area contributed by atoms with E-state index in [4.69, 9.17) is 14.2 Å². The van der Waals surface area contributed by atoms with Crippen molar-refractivity contribution in [2.45, 2.75) is 58.0 Å². The molecule has 1 aromatic heterocycles. The lowest BCUT2D eigenvalue weighted by molar-refractivity contribution is 0.0652. The molecule has 0 saturated heterocycles. The molecule has 0 unspecified atom stereocenters. The molecule has 0 atom stereocenters. The third kappa shape index (κ3) is 4.40. The molecular formula is C23H33N3O4. The summed E-state index contributed by atoms with van der Waals surface area (Å²) >= 11 is 0. The fourth-order valence-electron chi connectivity index (χ4n) is 4.12. The van der Waals surface area contributed by atoms with Gasteiger partial charge in [0.2, 0.25) is 5.75 Å². The SMILES string of the molecule is COc1cc(CN(C(=O)c2cc(C(C)C)nn2C)C2CCCC2)cc(OC)c1OC. The number of nitrogens with zero attached hydrogens (tertiary/aromatic N) is 3. The molecule has 1 saturated carbocycles. The van der Waals surface area contributed by atoms with Gasteiger partial charge in [0.05, 0.1) is 27.0 Å². The number of rotatable bonds is 8. The zero-order valence-corrected chi connectivity index (χ0v) is 18.9. The monoisotopic (exact) mass is 415 g/mol. The van der Waals surface area contributed by atoms with Crippen molar-refractivity contribution in [1.29, 1.82) is 0 Å². The van der Waals surface area contributed by atoms with Crippen molar-refractivity contribution < 1.29 is 19.0 Å². The van der Waals surface area contributed by atoms with Crippen molar-refractivity contribution in [3.63, 3.8) is 0 Å². The van der Waals surface area contributed by atoms with Crippen molar-refractivity contribution in [1.82, 2.24) is 14.7 Å². The van der Waals surface area contributed by atoms with E-state index in [1.54, 1.807) is 26.0 Å². The maximum Gasteiger partial charge on any atom is 0.272 e. The summed E-state index contributed by atoms with van der Waals surface area (Å²) in [5, 5.41) is 4.54. The van der Waals surface area contributed by atoms with Crippen molar-refractivity contribution in [3.05, 3.63) is 35.2 Å². The average molecular weight is 416 g/mol. The van der Waals surface area contributed by atoms with Crippen LogP contribution in [0.15, 0.2) is 18.2 Å². The molecule has 0 radical (unpaired) electrons. The first-order chi connectivity index (χ1) is 14.4. The molecule has 1 amide bonds. The Morgan fingerprint density at radius 1 is 1.10 bits per heavy atom. The summed E-state index contributed by atoms with van der Waals surface area (Å²) in [6.45, 7) is 4.64. The molecule has 0 bridgehead atoms. The van der Waals surface area contributed by atoms with Crippen LogP contribution in [-0.2, 0) is 13.6 Å². The molecule has 0 N–H and O–H groups in total. The van der Waals surface area contributed by atoms with Crippen LogP contribution in [-0.4, -0.2) is 48.0 Å². The standard InChI is InChI=1S/C23H33N3O4/c1-15(2)18-13-19(25(3)24-18)23(27)26(17-9-7-8-10-17)14-16-11-20(28-4)22(30-6)21(12-16)29-5/h11-13,15,17H,7-10,14H2,1-6H3. The van der Waals surface area contributed by atoms with Gasteiger partial charge >= 0.3 is 0 Å². The van der Waals surface area contributed by atoms with Crippen LogP contribution >= 0.6 is 0 Å². The third-order valence-corrected chi connectivity index (χ3v) is 5.81. The molecule has 7 nitrogen and oxygen atoms in total. The summed E-state index contributed by atoms with van der Waals surface area (Å²) < 4.78 is 18.1. The van der Waals surface area contributed by atoms with Gasteiger partial charge < -0.3 is 19.1 Å². The van der Waals surface area contributed by atoms with Gasteiger partial charge in [-0.25, -0.2) is 0 Å². The minimum atomic E-state index is 0.0116. The van der Waals surface area contributed by atoms with Gasteiger partial charge in [0.25, 0.3) is 5.91 Å². The Morgan fingerprint density at radius 3 is 2.17 bits per heavy atom. The number of carbonyl (C=O) groups is 1. The smallest absolute Gasteiger partial charge is 0.272 e. The normalized spacial score (nSPS) is 14.2. The van der Waals surface area contributed by atoms with Gasteiger partial charge in [-0.1, -0.05) is 26.7 Å². The largest absolute Gasteiger partial charge is 0.493 e. The number of aromatic nitrogens is 2. The van der Waals surface area contributed by atoms with E-state index in [0.717, 1.165) is 36.9 Å². The number of hydrogen-bond acceptors (Lipinski definition) is 5. The van der Waals surface area contributed by atoms with Gasteiger partial charge in [0, 0.05) is 19.6 Å². The van der Waals surface area contributed by atoms with Gasteiger partial charge in [-0.3, -0.25) is 9.48 Å². The number of benzene rings is 1. The van der Waals surface area contributed by atoms with E-state index in [2.05, 4.69) is 18.9 Å². The number of amides is 1. The second kappa shape index (κ2) is 9.41. The van der Waals surface area contributed by atoms with Crippen LogP contribution in [0.1, 0.15) is 67.2 Å². The predicted octanol–water partition coefficient (Wildman–Crippen LogP) is 4.15. The van der Waals surface area contributed by atoms with Crippen LogP contribution < -0.4 is 14.2 Å². The summed E-state index contributed by atoms with van der Waals surface area (Å²) in [6.07, 6.45) is 4.33. The Bertz CT molecular complexity index is 860. The molecule has 30 heavy (non-hydrogen) atoms. The van der Waals surface area contributed by atoms with Gasteiger partial charge in [0.1, 0.15) is 5.69 Å². The van der Waals surface area contributed by atoms with Crippen LogP contribution in [0.4, 0.5) is 0 Å². The minimum Gasteiger partial charge on any atom is -0.493 e. The molecule has 1 aliphatic carbocycles. The number of ether oxygens (including phenoxy) is 3. The maximum absolute atomic E-state index is 13.6. The Balaban J connectivity index is 1.96. The fourth-order valence-corrected chi connectivity index (χ4v) is 4.12. The summed E-state index contributed by atoms with van der Waals surface area (Å²) in [6, 6.07) is 5.97. The van der Waals surface area contributed by atoms with Crippen molar-refractivity contribution in [3.8, 4) is 17.2 Å². The molecule has 3 rings (SSSR count). The van der Waals surface area contributed by atoms with Gasteiger partial charge in [0.15, 0.2) is 11.5 Å². The lowest BCUT2D eigenvalue weighted by Gasteiger charge is -2.29. The van der Waals surface area contributed by atoms with Crippen molar-refractivity contribution in [2.24, 2.45) is 7.05 Å². The number of aryl methyl sites for hydroxylation is 1. The Kier molecular flexibility index (Phi) is 6.90. The van der Waals surface area contributed by atoms with E-state index in [1.807, 2.05) is 30.1 Å². The van der Waals surface area contributed by atoms with E-state index >= 15 is 0 Å². The van der Waals surface area contributed by atoms with E-state index < -0.39 is 0 Å². The van der Waals surface area contributed by atoms with Crippen molar-refractivity contribution >= 4 is 5.91 Å². The summed E-state index contributed by atoms with van der Waals surface area (Å²) in [5.41, 5.74) is 2.49. The Hall–Kier alpha value is -2.70. The highest BCUT2D eigenvalue weighted by atomic mass is 16.5. The Labute approximate surface area is 178 Å². The second-order valence-corrected chi connectivity index (χ2v) is 8.14. The van der Waals surface area contributed by atoms with Crippen LogP contribution in [0, 0.1) is 0 Å². The van der Waals surface area contributed by atoms with Crippen molar-refractivity contribution in [2.75, 3.05) is 21.3 Å². The highest BCUT2D eigenvalue weighted by Gasteiger charge is 2.30.